The van der Waals surface area contributed by atoms with E-state index in [1.165, 1.54) is 4.90 Å². The van der Waals surface area contributed by atoms with Crippen molar-refractivity contribution in [3.8, 4) is 0 Å². The largest absolute Gasteiger partial charge is 0.395 e. The summed E-state index contributed by atoms with van der Waals surface area (Å²) in [5.74, 6) is -3.15. The van der Waals surface area contributed by atoms with Crippen LogP contribution in [0.3, 0.4) is 0 Å². The van der Waals surface area contributed by atoms with E-state index >= 15 is 0 Å². The van der Waals surface area contributed by atoms with Crippen LogP contribution >= 0.6 is 0 Å². The second-order valence-corrected chi connectivity index (χ2v) is 6.71. The fraction of sp³-hybridized carbons (Fsp3) is 0.238. The van der Waals surface area contributed by atoms with Gasteiger partial charge in [0, 0.05) is 19.7 Å². The summed E-state index contributed by atoms with van der Waals surface area (Å²) in [7, 11) is 1.56. The zero-order chi connectivity index (χ0) is 20.6. The monoisotopic (exact) mass is 386 g/mol. The molecule has 0 saturated heterocycles. The number of carbonyl (C=O) groups is 2. The third-order valence-corrected chi connectivity index (χ3v) is 4.82. The summed E-state index contributed by atoms with van der Waals surface area (Å²) in [5.41, 5.74) is 2.12. The van der Waals surface area contributed by atoms with Gasteiger partial charge in [0.1, 0.15) is 17.3 Å². The molecule has 2 aromatic carbocycles. The second-order valence-electron chi connectivity index (χ2n) is 6.71. The molecule has 0 radical (unpaired) electrons. The van der Waals surface area contributed by atoms with Crippen molar-refractivity contribution in [2.24, 2.45) is 0 Å². The number of imide groups is 1. The first-order valence-electron chi connectivity index (χ1n) is 8.74. The maximum Gasteiger partial charge on any atom is 0.282 e. The molecule has 0 unspecified atom stereocenters. The smallest absolute Gasteiger partial charge is 0.282 e. The minimum atomic E-state index is -0.881. The van der Waals surface area contributed by atoms with E-state index < -0.39 is 29.1 Å². The standard InChI is InChI=1S/C21H20F2N2O3/c1-12-4-5-14(10-13(12)2)18-19(24(3)8-9-26)21(28)25(20(18)27)17-11-15(22)6-7-16(17)23/h4-7,10-11,26H,8-9H2,1-3H3. The topological polar surface area (TPSA) is 60.9 Å². The van der Waals surface area contributed by atoms with Crippen molar-refractivity contribution < 1.29 is 23.5 Å². The Labute approximate surface area is 161 Å². The lowest BCUT2D eigenvalue weighted by Gasteiger charge is -2.20. The molecule has 2 amide bonds. The van der Waals surface area contributed by atoms with Gasteiger partial charge in [0.05, 0.1) is 17.9 Å². The van der Waals surface area contributed by atoms with E-state index in [1.54, 1.807) is 19.2 Å². The molecule has 0 fully saturated rings. The molecule has 1 aliphatic rings. The number of carbonyl (C=O) groups excluding carboxylic acids is 2. The predicted octanol–water partition coefficient (Wildman–Crippen LogP) is 2.79. The Balaban J connectivity index is 2.19. The van der Waals surface area contributed by atoms with Crippen molar-refractivity contribution in [3.63, 3.8) is 0 Å². The quantitative estimate of drug-likeness (QED) is 0.803. The minimum absolute atomic E-state index is 0.0333. The highest BCUT2D eigenvalue weighted by atomic mass is 19.1. The highest BCUT2D eigenvalue weighted by Gasteiger charge is 2.42. The van der Waals surface area contributed by atoms with Gasteiger partial charge in [-0.3, -0.25) is 9.59 Å². The van der Waals surface area contributed by atoms with Gasteiger partial charge in [0.2, 0.25) is 0 Å². The average Bonchev–Trinajstić information content (AvgIpc) is 2.90. The summed E-state index contributed by atoms with van der Waals surface area (Å²) < 4.78 is 28.0. The van der Waals surface area contributed by atoms with Crippen LogP contribution in [-0.4, -0.2) is 42.0 Å². The van der Waals surface area contributed by atoms with Gasteiger partial charge in [-0.1, -0.05) is 18.2 Å². The van der Waals surface area contributed by atoms with Gasteiger partial charge >= 0.3 is 0 Å². The fourth-order valence-electron chi connectivity index (χ4n) is 3.17. The maximum atomic E-state index is 14.3. The Morgan fingerprint density at radius 2 is 1.71 bits per heavy atom. The number of aryl methyl sites for hydroxylation is 2. The molecule has 2 aromatic rings. The van der Waals surface area contributed by atoms with Crippen LogP contribution in [0.25, 0.3) is 5.57 Å². The van der Waals surface area contributed by atoms with E-state index in [4.69, 9.17) is 0 Å². The number of hydrogen-bond acceptors (Lipinski definition) is 4. The van der Waals surface area contributed by atoms with Crippen molar-refractivity contribution in [1.82, 2.24) is 4.90 Å². The number of halogens is 2. The van der Waals surface area contributed by atoms with E-state index in [1.807, 2.05) is 19.9 Å². The van der Waals surface area contributed by atoms with Crippen molar-refractivity contribution >= 4 is 23.1 Å². The van der Waals surface area contributed by atoms with Crippen molar-refractivity contribution in [2.75, 3.05) is 25.1 Å². The zero-order valence-electron chi connectivity index (χ0n) is 15.8. The van der Waals surface area contributed by atoms with Gasteiger partial charge in [-0.2, -0.15) is 0 Å². The molecule has 0 aromatic heterocycles. The Bertz CT molecular complexity index is 1000. The molecular formula is C21H20F2N2O3. The number of nitrogens with zero attached hydrogens (tertiary/aromatic N) is 2. The summed E-state index contributed by atoms with van der Waals surface area (Å²) in [6.07, 6.45) is 0. The van der Waals surface area contributed by atoms with Crippen LogP contribution in [0.5, 0.6) is 0 Å². The second kappa shape index (κ2) is 7.52. The molecule has 0 atom stereocenters. The molecule has 1 N–H and O–H groups in total. The molecule has 1 aliphatic heterocycles. The molecule has 3 rings (SSSR count). The number of anilines is 1. The summed E-state index contributed by atoms with van der Waals surface area (Å²) in [6.45, 7) is 3.66. The van der Waals surface area contributed by atoms with Crippen LogP contribution in [0, 0.1) is 25.5 Å². The third-order valence-electron chi connectivity index (χ3n) is 4.82. The number of likely N-dealkylation sites (N-methyl/N-ethyl adjacent to an activating group) is 1. The van der Waals surface area contributed by atoms with Crippen LogP contribution in [-0.2, 0) is 9.59 Å². The van der Waals surface area contributed by atoms with Crippen molar-refractivity contribution in [2.45, 2.75) is 13.8 Å². The van der Waals surface area contributed by atoms with Gasteiger partial charge in [-0.05, 0) is 42.7 Å². The lowest BCUT2D eigenvalue weighted by atomic mass is 9.99. The summed E-state index contributed by atoms with van der Waals surface area (Å²) in [5, 5.41) is 9.27. The number of aliphatic hydroxyl groups excluding tert-OH is 1. The first-order valence-corrected chi connectivity index (χ1v) is 8.74. The van der Waals surface area contributed by atoms with Crippen LogP contribution in [0.2, 0.25) is 0 Å². The average molecular weight is 386 g/mol. The Kier molecular flexibility index (Phi) is 5.29. The fourth-order valence-corrected chi connectivity index (χ4v) is 3.17. The molecular weight excluding hydrogens is 366 g/mol. The Morgan fingerprint density at radius 1 is 1.00 bits per heavy atom. The highest BCUT2D eigenvalue weighted by molar-refractivity contribution is 6.45. The third kappa shape index (κ3) is 3.29. The molecule has 5 nitrogen and oxygen atoms in total. The number of aliphatic hydroxyl groups is 1. The molecule has 7 heteroatoms. The zero-order valence-corrected chi connectivity index (χ0v) is 15.8. The number of rotatable bonds is 5. The molecule has 1 heterocycles. The van der Waals surface area contributed by atoms with E-state index in [2.05, 4.69) is 0 Å². The lowest BCUT2D eigenvalue weighted by Crippen LogP contribution is -2.35. The predicted molar refractivity (Wildman–Crippen MR) is 101 cm³/mol. The highest BCUT2D eigenvalue weighted by Crippen LogP contribution is 2.36. The molecule has 0 spiro atoms. The molecule has 28 heavy (non-hydrogen) atoms. The van der Waals surface area contributed by atoms with Gasteiger partial charge in [0.15, 0.2) is 0 Å². The van der Waals surface area contributed by atoms with Gasteiger partial charge < -0.3 is 10.0 Å². The maximum absolute atomic E-state index is 14.3. The minimum Gasteiger partial charge on any atom is -0.395 e. The summed E-state index contributed by atoms with van der Waals surface area (Å²) in [6, 6.07) is 7.91. The van der Waals surface area contributed by atoms with Gasteiger partial charge in [-0.15, -0.1) is 0 Å². The molecule has 0 bridgehead atoms. The molecule has 0 aliphatic carbocycles. The first-order chi connectivity index (χ1) is 13.3. The van der Waals surface area contributed by atoms with Crippen LogP contribution < -0.4 is 4.90 Å². The van der Waals surface area contributed by atoms with Gasteiger partial charge in [-0.25, -0.2) is 13.7 Å². The van der Waals surface area contributed by atoms with E-state index in [9.17, 15) is 23.5 Å². The van der Waals surface area contributed by atoms with Crippen LogP contribution in [0.15, 0.2) is 42.1 Å². The Morgan fingerprint density at radius 3 is 2.36 bits per heavy atom. The summed E-state index contributed by atoms with van der Waals surface area (Å²) in [4.78, 5) is 28.3. The normalized spacial score (nSPS) is 14.3. The molecule has 0 saturated carbocycles. The van der Waals surface area contributed by atoms with Gasteiger partial charge in [0.25, 0.3) is 11.8 Å². The number of hydrogen-bond donors (Lipinski definition) is 1. The van der Waals surface area contributed by atoms with Crippen LogP contribution in [0.4, 0.5) is 14.5 Å². The van der Waals surface area contributed by atoms with Crippen LogP contribution in [0.1, 0.15) is 16.7 Å². The SMILES string of the molecule is Cc1ccc(C2=C(N(C)CCO)C(=O)N(c3cc(F)ccc3F)C2=O)cc1C. The van der Waals surface area contributed by atoms with E-state index in [0.717, 1.165) is 29.3 Å². The van der Waals surface area contributed by atoms with Crippen molar-refractivity contribution in [1.29, 1.82) is 0 Å². The Hall–Kier alpha value is -3.06. The molecule has 146 valence electrons. The van der Waals surface area contributed by atoms with E-state index in [0.29, 0.717) is 10.5 Å². The first kappa shape index (κ1) is 19.7. The number of benzene rings is 2. The van der Waals surface area contributed by atoms with E-state index in [-0.39, 0.29) is 24.4 Å². The van der Waals surface area contributed by atoms with Crippen molar-refractivity contribution in [3.05, 3.63) is 70.4 Å². The summed E-state index contributed by atoms with van der Waals surface area (Å²) >= 11 is 0. The number of amides is 2. The lowest BCUT2D eigenvalue weighted by molar-refractivity contribution is -0.120.